The molecule has 0 bridgehead atoms. The van der Waals surface area contributed by atoms with Gasteiger partial charge in [-0.25, -0.2) is 9.78 Å². The number of benzene rings is 1. The SMILES string of the molecule is CC(C)CCOC(=O)C(=O)c1cncn1[C@H](C)c1ccccc1. The van der Waals surface area contributed by atoms with E-state index in [1.54, 1.807) is 10.9 Å². The van der Waals surface area contributed by atoms with Crippen LogP contribution in [-0.2, 0) is 9.53 Å². The number of ketones is 1. The summed E-state index contributed by atoms with van der Waals surface area (Å²) in [5, 5.41) is 0. The molecule has 0 saturated carbocycles. The van der Waals surface area contributed by atoms with Crippen LogP contribution in [0.25, 0.3) is 0 Å². The lowest BCUT2D eigenvalue weighted by atomic mass is 10.1. The van der Waals surface area contributed by atoms with Gasteiger partial charge in [0.15, 0.2) is 0 Å². The lowest BCUT2D eigenvalue weighted by Gasteiger charge is -2.16. The van der Waals surface area contributed by atoms with Crippen molar-refractivity contribution >= 4 is 11.8 Å². The quantitative estimate of drug-likeness (QED) is 0.447. The molecule has 0 aliphatic carbocycles. The van der Waals surface area contributed by atoms with Crippen LogP contribution in [0, 0.1) is 5.92 Å². The van der Waals surface area contributed by atoms with E-state index < -0.39 is 11.8 Å². The van der Waals surface area contributed by atoms with Crippen molar-refractivity contribution in [1.82, 2.24) is 9.55 Å². The smallest absolute Gasteiger partial charge is 0.381 e. The number of imidazole rings is 1. The van der Waals surface area contributed by atoms with Gasteiger partial charge in [0.2, 0.25) is 0 Å². The van der Waals surface area contributed by atoms with Crippen LogP contribution in [0.4, 0.5) is 0 Å². The van der Waals surface area contributed by atoms with E-state index in [-0.39, 0.29) is 18.3 Å². The van der Waals surface area contributed by atoms with Gasteiger partial charge < -0.3 is 9.30 Å². The van der Waals surface area contributed by atoms with Gasteiger partial charge in [-0.3, -0.25) is 4.79 Å². The number of carbonyl (C=O) groups excluding carboxylic acids is 2. The molecule has 0 aliphatic rings. The Balaban J connectivity index is 2.11. The van der Waals surface area contributed by atoms with Crippen molar-refractivity contribution in [2.45, 2.75) is 33.2 Å². The second-order valence-corrected chi connectivity index (χ2v) is 5.92. The van der Waals surface area contributed by atoms with Crippen molar-refractivity contribution in [2.75, 3.05) is 6.61 Å². The van der Waals surface area contributed by atoms with E-state index in [1.807, 2.05) is 51.1 Å². The predicted octanol–water partition coefficient (Wildman–Crippen LogP) is 3.26. The molecule has 0 fully saturated rings. The molecule has 2 aromatic rings. The summed E-state index contributed by atoms with van der Waals surface area (Å²) in [6.07, 6.45) is 3.70. The third-order valence-corrected chi connectivity index (χ3v) is 3.71. The summed E-state index contributed by atoms with van der Waals surface area (Å²) < 4.78 is 6.75. The first-order chi connectivity index (χ1) is 11.0. The van der Waals surface area contributed by atoms with Gasteiger partial charge in [-0.05, 0) is 24.8 Å². The molecule has 5 heteroatoms. The van der Waals surface area contributed by atoms with Crippen LogP contribution in [0.1, 0.15) is 49.3 Å². The minimum Gasteiger partial charge on any atom is -0.460 e. The van der Waals surface area contributed by atoms with E-state index in [4.69, 9.17) is 4.74 Å². The van der Waals surface area contributed by atoms with Gasteiger partial charge in [0.25, 0.3) is 5.78 Å². The fourth-order valence-corrected chi connectivity index (χ4v) is 2.24. The molecule has 0 unspecified atom stereocenters. The first kappa shape index (κ1) is 16.9. The lowest BCUT2D eigenvalue weighted by molar-refractivity contribution is -0.138. The summed E-state index contributed by atoms with van der Waals surface area (Å²) in [5.74, 6) is -1.07. The summed E-state index contributed by atoms with van der Waals surface area (Å²) in [7, 11) is 0. The van der Waals surface area contributed by atoms with Crippen molar-refractivity contribution in [2.24, 2.45) is 5.92 Å². The highest BCUT2D eigenvalue weighted by Crippen LogP contribution is 2.19. The Labute approximate surface area is 136 Å². The normalized spacial score (nSPS) is 12.2. The third-order valence-electron chi connectivity index (χ3n) is 3.71. The Kier molecular flexibility index (Phi) is 5.68. The molecule has 5 nitrogen and oxygen atoms in total. The van der Waals surface area contributed by atoms with Crippen LogP contribution < -0.4 is 0 Å². The van der Waals surface area contributed by atoms with Crippen LogP contribution in [0.15, 0.2) is 42.9 Å². The van der Waals surface area contributed by atoms with Crippen LogP contribution in [0.3, 0.4) is 0 Å². The molecule has 0 radical (unpaired) electrons. The Morgan fingerprint density at radius 1 is 1.17 bits per heavy atom. The minimum absolute atomic E-state index is 0.0962. The van der Waals surface area contributed by atoms with Gasteiger partial charge in [0.1, 0.15) is 5.69 Å². The van der Waals surface area contributed by atoms with E-state index >= 15 is 0 Å². The van der Waals surface area contributed by atoms with Crippen LogP contribution in [0.5, 0.6) is 0 Å². The number of nitrogens with zero attached hydrogens (tertiary/aromatic N) is 2. The van der Waals surface area contributed by atoms with Gasteiger partial charge in [-0.15, -0.1) is 0 Å². The van der Waals surface area contributed by atoms with Gasteiger partial charge in [0.05, 0.1) is 25.2 Å². The molecule has 0 spiro atoms. The molecule has 0 saturated heterocycles. The maximum absolute atomic E-state index is 12.3. The summed E-state index contributed by atoms with van der Waals surface area (Å²) in [6, 6.07) is 9.65. The summed E-state index contributed by atoms with van der Waals surface area (Å²) in [6.45, 7) is 6.28. The number of aromatic nitrogens is 2. The van der Waals surface area contributed by atoms with Crippen molar-refractivity contribution < 1.29 is 14.3 Å². The third kappa shape index (κ3) is 4.28. The minimum atomic E-state index is -0.826. The maximum Gasteiger partial charge on any atom is 0.381 e. The Hall–Kier alpha value is -2.43. The Morgan fingerprint density at radius 2 is 1.87 bits per heavy atom. The van der Waals surface area contributed by atoms with Gasteiger partial charge in [0, 0.05) is 0 Å². The maximum atomic E-state index is 12.3. The number of Topliss-reactive ketones (excluding diaryl/α,β-unsaturated/α-hetero) is 1. The van der Waals surface area contributed by atoms with Gasteiger partial charge in [-0.1, -0.05) is 44.2 Å². The number of hydrogen-bond acceptors (Lipinski definition) is 4. The van der Waals surface area contributed by atoms with Crippen LogP contribution >= 0.6 is 0 Å². The Bertz CT molecular complexity index is 662. The average molecular weight is 314 g/mol. The number of esters is 1. The molecule has 1 aromatic heterocycles. The van der Waals surface area contributed by atoms with E-state index in [2.05, 4.69) is 4.98 Å². The van der Waals surface area contributed by atoms with E-state index in [0.29, 0.717) is 5.92 Å². The number of ether oxygens (including phenoxy) is 1. The zero-order valence-corrected chi connectivity index (χ0v) is 13.7. The number of carbonyl (C=O) groups is 2. The van der Waals surface area contributed by atoms with Crippen LogP contribution in [0.2, 0.25) is 0 Å². The first-order valence-corrected chi connectivity index (χ1v) is 7.79. The van der Waals surface area contributed by atoms with E-state index in [1.165, 1.54) is 6.20 Å². The van der Waals surface area contributed by atoms with Gasteiger partial charge in [-0.2, -0.15) is 0 Å². The molecule has 1 atom stereocenters. The zero-order chi connectivity index (χ0) is 16.8. The molecule has 23 heavy (non-hydrogen) atoms. The topological polar surface area (TPSA) is 61.2 Å². The fourth-order valence-electron chi connectivity index (χ4n) is 2.24. The largest absolute Gasteiger partial charge is 0.460 e. The summed E-state index contributed by atoms with van der Waals surface area (Å²) >= 11 is 0. The highest BCUT2D eigenvalue weighted by atomic mass is 16.5. The van der Waals surface area contributed by atoms with Crippen molar-refractivity contribution in [3.63, 3.8) is 0 Å². The molecule has 1 aromatic carbocycles. The molecule has 1 heterocycles. The molecular weight excluding hydrogens is 292 g/mol. The van der Waals surface area contributed by atoms with Crippen molar-refractivity contribution in [3.05, 3.63) is 54.1 Å². The first-order valence-electron chi connectivity index (χ1n) is 7.79. The average Bonchev–Trinajstić information content (AvgIpc) is 3.03. The number of hydrogen-bond donors (Lipinski definition) is 0. The lowest BCUT2D eigenvalue weighted by Crippen LogP contribution is -2.23. The molecular formula is C18H22N2O3. The van der Waals surface area contributed by atoms with E-state index in [9.17, 15) is 9.59 Å². The fraction of sp³-hybridized carbons (Fsp3) is 0.389. The summed E-state index contributed by atoms with van der Waals surface area (Å²) in [4.78, 5) is 28.2. The predicted molar refractivity (Wildman–Crippen MR) is 87.2 cm³/mol. The van der Waals surface area contributed by atoms with Crippen molar-refractivity contribution in [3.8, 4) is 0 Å². The van der Waals surface area contributed by atoms with Crippen molar-refractivity contribution in [1.29, 1.82) is 0 Å². The molecule has 122 valence electrons. The molecule has 0 amide bonds. The zero-order valence-electron chi connectivity index (χ0n) is 13.7. The molecule has 0 aliphatic heterocycles. The van der Waals surface area contributed by atoms with Crippen LogP contribution in [-0.4, -0.2) is 27.9 Å². The van der Waals surface area contributed by atoms with E-state index in [0.717, 1.165) is 12.0 Å². The second kappa shape index (κ2) is 7.72. The number of rotatable bonds is 7. The monoisotopic (exact) mass is 314 g/mol. The standard InChI is InChI=1S/C18H22N2O3/c1-13(2)9-10-23-18(22)17(21)16-11-19-12-20(16)14(3)15-7-5-4-6-8-15/h4-8,11-14H,9-10H2,1-3H3/t14-/m1/s1. The second-order valence-electron chi connectivity index (χ2n) is 5.92. The molecule has 2 rings (SSSR count). The Morgan fingerprint density at radius 3 is 2.52 bits per heavy atom. The molecule has 0 N–H and O–H groups in total. The highest BCUT2D eigenvalue weighted by molar-refractivity contribution is 6.40. The summed E-state index contributed by atoms with van der Waals surface area (Å²) in [5.41, 5.74) is 1.28. The van der Waals surface area contributed by atoms with Gasteiger partial charge >= 0.3 is 5.97 Å². The highest BCUT2D eigenvalue weighted by Gasteiger charge is 2.24.